The molecule has 19 heavy (non-hydrogen) atoms. The number of nitrogens with one attached hydrogen (secondary N) is 2. The van der Waals surface area contributed by atoms with Crippen molar-refractivity contribution in [3.63, 3.8) is 0 Å². The van der Waals surface area contributed by atoms with E-state index in [0.29, 0.717) is 12.5 Å². The van der Waals surface area contributed by atoms with Gasteiger partial charge in [0.2, 0.25) is 5.91 Å². The van der Waals surface area contributed by atoms with E-state index in [1.807, 2.05) is 20.8 Å². The monoisotopic (exact) mass is 281 g/mol. The first-order chi connectivity index (χ1) is 8.88. The van der Waals surface area contributed by atoms with Crippen molar-refractivity contribution >= 4 is 17.2 Å². The van der Waals surface area contributed by atoms with Crippen molar-refractivity contribution in [3.8, 4) is 0 Å². The SMILES string of the molecule is Cc1nc(C(C)(C)NC(=O)CC2CCCN2)sc1C. The molecule has 0 aromatic carbocycles. The number of aromatic nitrogens is 1. The summed E-state index contributed by atoms with van der Waals surface area (Å²) in [4.78, 5) is 17.9. The second-order valence-corrected chi connectivity index (χ2v) is 7.03. The maximum absolute atomic E-state index is 12.1. The Labute approximate surface area is 119 Å². The van der Waals surface area contributed by atoms with E-state index in [2.05, 4.69) is 22.5 Å². The van der Waals surface area contributed by atoms with Crippen LogP contribution in [0.2, 0.25) is 0 Å². The molecule has 0 radical (unpaired) electrons. The van der Waals surface area contributed by atoms with Crippen molar-refractivity contribution in [1.29, 1.82) is 0 Å². The highest BCUT2D eigenvalue weighted by molar-refractivity contribution is 7.11. The quantitative estimate of drug-likeness (QED) is 0.890. The van der Waals surface area contributed by atoms with Gasteiger partial charge in [0.15, 0.2) is 0 Å². The van der Waals surface area contributed by atoms with Crippen LogP contribution in [0.3, 0.4) is 0 Å². The molecule has 1 saturated heterocycles. The molecular weight excluding hydrogens is 258 g/mol. The number of aryl methyl sites for hydroxylation is 2. The second-order valence-electron chi connectivity index (χ2n) is 5.83. The normalized spacial score (nSPS) is 19.7. The summed E-state index contributed by atoms with van der Waals surface area (Å²) in [6.45, 7) is 9.15. The van der Waals surface area contributed by atoms with Crippen LogP contribution in [0.15, 0.2) is 0 Å². The largest absolute Gasteiger partial charge is 0.345 e. The van der Waals surface area contributed by atoms with E-state index >= 15 is 0 Å². The summed E-state index contributed by atoms with van der Waals surface area (Å²) in [5.74, 6) is 0.106. The molecular formula is C14H23N3OS. The third-order valence-corrected chi connectivity index (χ3v) is 5.01. The van der Waals surface area contributed by atoms with Crippen molar-refractivity contribution in [2.75, 3.05) is 6.54 Å². The zero-order valence-corrected chi connectivity index (χ0v) is 13.0. The third-order valence-electron chi connectivity index (χ3n) is 3.61. The van der Waals surface area contributed by atoms with E-state index in [9.17, 15) is 4.79 Å². The Hall–Kier alpha value is -0.940. The summed E-state index contributed by atoms with van der Waals surface area (Å²) in [5.41, 5.74) is 0.666. The number of nitrogens with zero attached hydrogens (tertiary/aromatic N) is 1. The van der Waals surface area contributed by atoms with E-state index in [4.69, 9.17) is 0 Å². The Balaban J connectivity index is 1.97. The molecule has 1 aliphatic rings. The van der Waals surface area contributed by atoms with Crippen LogP contribution in [-0.4, -0.2) is 23.5 Å². The molecule has 0 bridgehead atoms. The molecule has 0 saturated carbocycles. The fourth-order valence-corrected chi connectivity index (χ4v) is 3.32. The summed E-state index contributed by atoms with van der Waals surface area (Å²) in [6, 6.07) is 0.343. The average Bonchev–Trinajstić information content (AvgIpc) is 2.89. The smallest absolute Gasteiger partial charge is 0.222 e. The Kier molecular flexibility index (Phi) is 4.26. The molecule has 1 amide bonds. The van der Waals surface area contributed by atoms with Crippen molar-refractivity contribution in [3.05, 3.63) is 15.6 Å². The topological polar surface area (TPSA) is 54.0 Å². The Morgan fingerprint density at radius 2 is 2.26 bits per heavy atom. The molecule has 1 aromatic rings. The maximum Gasteiger partial charge on any atom is 0.222 e. The lowest BCUT2D eigenvalue weighted by Gasteiger charge is -2.24. The second kappa shape index (κ2) is 5.59. The van der Waals surface area contributed by atoms with Crippen LogP contribution in [0, 0.1) is 13.8 Å². The summed E-state index contributed by atoms with van der Waals surface area (Å²) < 4.78 is 0. The summed E-state index contributed by atoms with van der Waals surface area (Å²) in [7, 11) is 0. The lowest BCUT2D eigenvalue weighted by molar-refractivity contribution is -0.123. The first-order valence-corrected chi connectivity index (χ1v) is 7.69. The van der Waals surface area contributed by atoms with Crippen molar-refractivity contribution in [2.24, 2.45) is 0 Å². The first-order valence-electron chi connectivity index (χ1n) is 6.87. The van der Waals surface area contributed by atoms with Crippen LogP contribution in [0.4, 0.5) is 0 Å². The molecule has 0 spiro atoms. The molecule has 0 aliphatic carbocycles. The van der Waals surface area contributed by atoms with E-state index in [1.165, 1.54) is 11.3 Å². The zero-order chi connectivity index (χ0) is 14.0. The predicted octanol–water partition coefficient (Wildman–Crippen LogP) is 2.25. The molecule has 2 rings (SSSR count). The first kappa shape index (κ1) is 14.5. The van der Waals surface area contributed by atoms with Gasteiger partial charge in [0.05, 0.1) is 11.2 Å². The van der Waals surface area contributed by atoms with E-state index in [-0.39, 0.29) is 11.4 Å². The minimum absolute atomic E-state index is 0.106. The minimum atomic E-state index is -0.390. The van der Waals surface area contributed by atoms with Gasteiger partial charge >= 0.3 is 0 Å². The molecule has 1 fully saturated rings. The van der Waals surface area contributed by atoms with E-state index in [1.54, 1.807) is 11.3 Å². The predicted molar refractivity (Wildman–Crippen MR) is 78.4 cm³/mol. The molecule has 5 heteroatoms. The number of hydrogen-bond donors (Lipinski definition) is 2. The fourth-order valence-electron chi connectivity index (χ4n) is 2.35. The Bertz CT molecular complexity index is 442. The van der Waals surface area contributed by atoms with E-state index < -0.39 is 0 Å². The molecule has 1 aromatic heterocycles. The van der Waals surface area contributed by atoms with Gasteiger partial charge in [0.25, 0.3) is 0 Å². The highest BCUT2D eigenvalue weighted by Gasteiger charge is 2.28. The number of thiazole rings is 1. The highest BCUT2D eigenvalue weighted by Crippen LogP contribution is 2.27. The van der Waals surface area contributed by atoms with Gasteiger partial charge in [0.1, 0.15) is 5.01 Å². The molecule has 4 nitrogen and oxygen atoms in total. The van der Waals surface area contributed by atoms with Crippen molar-refractivity contribution < 1.29 is 4.79 Å². The van der Waals surface area contributed by atoms with Crippen LogP contribution in [0.1, 0.15) is 48.7 Å². The number of carbonyl (C=O) groups is 1. The van der Waals surface area contributed by atoms with Gasteiger partial charge in [-0.2, -0.15) is 0 Å². The van der Waals surface area contributed by atoms with Crippen LogP contribution >= 0.6 is 11.3 Å². The van der Waals surface area contributed by atoms with Gasteiger partial charge in [-0.15, -0.1) is 11.3 Å². The van der Waals surface area contributed by atoms with Crippen molar-refractivity contribution in [1.82, 2.24) is 15.6 Å². The molecule has 2 N–H and O–H groups in total. The van der Waals surface area contributed by atoms with E-state index in [0.717, 1.165) is 23.7 Å². The van der Waals surface area contributed by atoms with Gasteiger partial charge in [-0.05, 0) is 47.1 Å². The fraction of sp³-hybridized carbons (Fsp3) is 0.714. The van der Waals surface area contributed by atoms with Crippen LogP contribution in [-0.2, 0) is 10.3 Å². The van der Waals surface area contributed by atoms with Gasteiger partial charge in [-0.25, -0.2) is 4.98 Å². The Morgan fingerprint density at radius 1 is 1.53 bits per heavy atom. The molecule has 1 atom stereocenters. The van der Waals surface area contributed by atoms with Gasteiger partial charge in [-0.1, -0.05) is 0 Å². The average molecular weight is 281 g/mol. The number of hydrogen-bond acceptors (Lipinski definition) is 4. The summed E-state index contributed by atoms with van der Waals surface area (Å²) in [5, 5.41) is 7.44. The lowest BCUT2D eigenvalue weighted by atomic mass is 10.1. The van der Waals surface area contributed by atoms with Crippen LogP contribution in [0.5, 0.6) is 0 Å². The van der Waals surface area contributed by atoms with Gasteiger partial charge < -0.3 is 10.6 Å². The molecule has 1 aliphatic heterocycles. The van der Waals surface area contributed by atoms with Crippen LogP contribution < -0.4 is 10.6 Å². The van der Waals surface area contributed by atoms with Crippen LogP contribution in [0.25, 0.3) is 0 Å². The minimum Gasteiger partial charge on any atom is -0.345 e. The number of rotatable bonds is 4. The number of carbonyl (C=O) groups excluding carboxylic acids is 1. The maximum atomic E-state index is 12.1. The molecule has 106 valence electrons. The standard InChI is InChI=1S/C14H23N3OS/c1-9-10(2)19-13(16-9)14(3,4)17-12(18)8-11-6-5-7-15-11/h11,15H,5-8H2,1-4H3,(H,17,18). The lowest BCUT2D eigenvalue weighted by Crippen LogP contribution is -2.43. The zero-order valence-electron chi connectivity index (χ0n) is 12.2. The van der Waals surface area contributed by atoms with Gasteiger partial charge in [0, 0.05) is 17.3 Å². The van der Waals surface area contributed by atoms with Crippen molar-refractivity contribution in [2.45, 2.75) is 58.5 Å². The highest BCUT2D eigenvalue weighted by atomic mass is 32.1. The summed E-state index contributed by atoms with van der Waals surface area (Å²) >= 11 is 1.66. The third kappa shape index (κ3) is 3.54. The molecule has 1 unspecified atom stereocenters. The molecule has 2 heterocycles. The Morgan fingerprint density at radius 3 is 2.79 bits per heavy atom. The van der Waals surface area contributed by atoms with Gasteiger partial charge in [-0.3, -0.25) is 4.79 Å². The summed E-state index contributed by atoms with van der Waals surface area (Å²) in [6.07, 6.45) is 2.84. The number of amides is 1.